The Morgan fingerprint density at radius 3 is 2.94 bits per heavy atom. The lowest BCUT2D eigenvalue weighted by Gasteiger charge is -2.26. The summed E-state index contributed by atoms with van der Waals surface area (Å²) in [6.45, 7) is 2.24. The fourth-order valence-corrected chi connectivity index (χ4v) is 3.06. The van der Waals surface area contributed by atoms with Crippen LogP contribution in [0.2, 0.25) is 0 Å². The summed E-state index contributed by atoms with van der Waals surface area (Å²) in [7, 11) is 1.86. The molecule has 1 aliphatic rings. The second-order valence-corrected chi connectivity index (χ2v) is 5.36. The Hall–Kier alpha value is -0.900. The molecule has 2 atom stereocenters. The Morgan fingerprint density at radius 1 is 1.47 bits per heavy atom. The number of hydrogen-bond acceptors (Lipinski definition) is 3. The van der Waals surface area contributed by atoms with Crippen LogP contribution in [0.3, 0.4) is 0 Å². The van der Waals surface area contributed by atoms with Gasteiger partial charge in [-0.15, -0.1) is 5.10 Å². The van der Waals surface area contributed by atoms with Gasteiger partial charge in [0.25, 0.3) is 0 Å². The van der Waals surface area contributed by atoms with Crippen LogP contribution in [0.5, 0.6) is 0 Å². The first-order valence-corrected chi connectivity index (χ1v) is 6.73. The molecule has 2 rings (SSSR count). The first-order chi connectivity index (χ1) is 8.15. The molecule has 4 nitrogen and oxygen atoms in total. The Labute approximate surface area is 103 Å². The number of nitrogens with zero attached hydrogens (tertiary/aromatic N) is 3. The highest BCUT2D eigenvalue weighted by Gasteiger charge is 2.35. The van der Waals surface area contributed by atoms with Crippen molar-refractivity contribution in [2.75, 3.05) is 0 Å². The van der Waals surface area contributed by atoms with Gasteiger partial charge < -0.3 is 5.11 Å². The smallest absolute Gasteiger partial charge is 0.108 e. The third-order valence-corrected chi connectivity index (χ3v) is 4.06. The van der Waals surface area contributed by atoms with E-state index < -0.39 is 5.60 Å². The fourth-order valence-electron chi connectivity index (χ4n) is 3.06. The van der Waals surface area contributed by atoms with Crippen molar-refractivity contribution in [2.24, 2.45) is 13.0 Å². The molecule has 0 aliphatic heterocycles. The molecule has 0 aromatic carbocycles. The zero-order chi connectivity index (χ0) is 12.3. The maximum Gasteiger partial charge on any atom is 0.108 e. The molecule has 2 unspecified atom stereocenters. The first kappa shape index (κ1) is 12.6. The maximum absolute atomic E-state index is 10.8. The highest BCUT2D eigenvalue weighted by molar-refractivity contribution is 5.08. The average Bonchev–Trinajstić information content (AvgIpc) is 2.64. The Kier molecular flexibility index (Phi) is 3.82. The van der Waals surface area contributed by atoms with Gasteiger partial charge in [-0.3, -0.25) is 0 Å². The van der Waals surface area contributed by atoms with Crippen molar-refractivity contribution in [2.45, 2.75) is 57.5 Å². The van der Waals surface area contributed by atoms with Gasteiger partial charge >= 0.3 is 0 Å². The largest absolute Gasteiger partial charge is 0.384 e. The molecule has 1 aromatic heterocycles. The molecule has 1 saturated carbocycles. The monoisotopic (exact) mass is 237 g/mol. The minimum atomic E-state index is -0.708. The molecular formula is C13H23N3O. The molecule has 0 amide bonds. The SMILES string of the molecule is CCCC1CCCC(O)(c2cnnn2C)CC1. The van der Waals surface area contributed by atoms with E-state index in [1.54, 1.807) is 10.9 Å². The van der Waals surface area contributed by atoms with E-state index in [0.29, 0.717) is 0 Å². The summed E-state index contributed by atoms with van der Waals surface area (Å²) < 4.78 is 1.71. The normalized spacial score (nSPS) is 30.2. The van der Waals surface area contributed by atoms with Gasteiger partial charge in [0.05, 0.1) is 11.9 Å². The van der Waals surface area contributed by atoms with Crippen LogP contribution < -0.4 is 0 Å². The zero-order valence-electron chi connectivity index (χ0n) is 10.9. The molecule has 0 saturated heterocycles. The lowest BCUT2D eigenvalue weighted by atomic mass is 9.90. The lowest BCUT2D eigenvalue weighted by molar-refractivity contribution is 0.0117. The van der Waals surface area contributed by atoms with Gasteiger partial charge in [-0.05, 0) is 31.6 Å². The molecule has 0 spiro atoms. The Bertz CT molecular complexity index is 363. The third kappa shape index (κ3) is 2.68. The van der Waals surface area contributed by atoms with Crippen molar-refractivity contribution in [3.8, 4) is 0 Å². The van der Waals surface area contributed by atoms with E-state index >= 15 is 0 Å². The molecule has 0 radical (unpaired) electrons. The molecule has 96 valence electrons. The number of rotatable bonds is 3. The van der Waals surface area contributed by atoms with Gasteiger partial charge in [-0.25, -0.2) is 4.68 Å². The number of aryl methyl sites for hydroxylation is 1. The van der Waals surface area contributed by atoms with Crippen LogP contribution in [0, 0.1) is 5.92 Å². The van der Waals surface area contributed by atoms with E-state index in [-0.39, 0.29) is 0 Å². The van der Waals surface area contributed by atoms with Crippen molar-refractivity contribution in [1.82, 2.24) is 15.0 Å². The number of hydrogen-bond donors (Lipinski definition) is 1. The quantitative estimate of drug-likeness (QED) is 0.821. The Morgan fingerprint density at radius 2 is 2.29 bits per heavy atom. The summed E-state index contributed by atoms with van der Waals surface area (Å²) in [5.41, 5.74) is 0.162. The summed E-state index contributed by atoms with van der Waals surface area (Å²) >= 11 is 0. The van der Waals surface area contributed by atoms with Crippen molar-refractivity contribution >= 4 is 0 Å². The van der Waals surface area contributed by atoms with Gasteiger partial charge in [0, 0.05) is 7.05 Å². The minimum absolute atomic E-state index is 0.708. The average molecular weight is 237 g/mol. The van der Waals surface area contributed by atoms with Crippen molar-refractivity contribution < 1.29 is 5.11 Å². The molecule has 1 heterocycles. The van der Waals surface area contributed by atoms with Gasteiger partial charge in [-0.2, -0.15) is 0 Å². The molecule has 1 fully saturated rings. The van der Waals surface area contributed by atoms with E-state index in [0.717, 1.165) is 37.3 Å². The van der Waals surface area contributed by atoms with Gasteiger partial charge in [0.15, 0.2) is 0 Å². The summed E-state index contributed by atoms with van der Waals surface area (Å²) in [5, 5.41) is 18.6. The fraction of sp³-hybridized carbons (Fsp3) is 0.846. The van der Waals surface area contributed by atoms with Crippen LogP contribution in [0.25, 0.3) is 0 Å². The van der Waals surface area contributed by atoms with Crippen LogP contribution in [0.1, 0.15) is 57.6 Å². The predicted molar refractivity (Wildman–Crippen MR) is 66.4 cm³/mol. The first-order valence-electron chi connectivity index (χ1n) is 6.73. The molecule has 1 aromatic rings. The van der Waals surface area contributed by atoms with Gasteiger partial charge in [0.2, 0.25) is 0 Å². The van der Waals surface area contributed by atoms with E-state index in [1.807, 2.05) is 7.05 Å². The summed E-state index contributed by atoms with van der Waals surface area (Å²) in [5.74, 6) is 0.787. The lowest BCUT2D eigenvalue weighted by Crippen LogP contribution is -2.27. The van der Waals surface area contributed by atoms with Crippen LogP contribution in [0.4, 0.5) is 0 Å². The summed E-state index contributed by atoms with van der Waals surface area (Å²) in [6.07, 6.45) is 9.41. The topological polar surface area (TPSA) is 50.9 Å². The molecule has 1 N–H and O–H groups in total. The second kappa shape index (κ2) is 5.17. The maximum atomic E-state index is 10.8. The second-order valence-electron chi connectivity index (χ2n) is 5.36. The number of aliphatic hydroxyl groups is 1. The molecule has 4 heteroatoms. The van der Waals surface area contributed by atoms with E-state index in [2.05, 4.69) is 17.2 Å². The molecular weight excluding hydrogens is 214 g/mol. The molecule has 17 heavy (non-hydrogen) atoms. The van der Waals surface area contributed by atoms with Gasteiger partial charge in [0.1, 0.15) is 5.60 Å². The van der Waals surface area contributed by atoms with E-state index in [9.17, 15) is 5.11 Å². The number of aromatic nitrogens is 3. The standard InChI is InChI=1S/C13H23N3O/c1-3-5-11-6-4-8-13(17,9-7-11)12-10-14-15-16(12)2/h10-11,17H,3-9H2,1-2H3. The van der Waals surface area contributed by atoms with Gasteiger partial charge in [-0.1, -0.05) is 31.4 Å². The Balaban J connectivity index is 2.09. The van der Waals surface area contributed by atoms with Crippen molar-refractivity contribution in [3.05, 3.63) is 11.9 Å². The summed E-state index contributed by atoms with van der Waals surface area (Å²) in [4.78, 5) is 0. The van der Waals surface area contributed by atoms with Crippen LogP contribution >= 0.6 is 0 Å². The van der Waals surface area contributed by atoms with Crippen molar-refractivity contribution in [3.63, 3.8) is 0 Å². The van der Waals surface area contributed by atoms with Crippen LogP contribution in [-0.4, -0.2) is 20.1 Å². The minimum Gasteiger partial charge on any atom is -0.384 e. The highest BCUT2D eigenvalue weighted by atomic mass is 16.3. The molecule has 0 bridgehead atoms. The van der Waals surface area contributed by atoms with Crippen LogP contribution in [-0.2, 0) is 12.6 Å². The van der Waals surface area contributed by atoms with Crippen LogP contribution in [0.15, 0.2) is 6.20 Å². The third-order valence-electron chi connectivity index (χ3n) is 4.06. The van der Waals surface area contributed by atoms with E-state index in [4.69, 9.17) is 0 Å². The van der Waals surface area contributed by atoms with E-state index in [1.165, 1.54) is 19.3 Å². The molecule has 1 aliphatic carbocycles. The van der Waals surface area contributed by atoms with Crippen molar-refractivity contribution in [1.29, 1.82) is 0 Å². The highest BCUT2D eigenvalue weighted by Crippen LogP contribution is 2.38. The predicted octanol–water partition coefficient (Wildman–Crippen LogP) is 2.38. The summed E-state index contributed by atoms with van der Waals surface area (Å²) in [6, 6.07) is 0. The zero-order valence-corrected chi connectivity index (χ0v) is 10.9.